The van der Waals surface area contributed by atoms with Crippen LogP contribution in [-0.4, -0.2) is 34.8 Å². The molecule has 1 aromatic carbocycles. The minimum atomic E-state index is -5.16. The molecule has 1 heterocycles. The number of imidazole rings is 1. The summed E-state index contributed by atoms with van der Waals surface area (Å²) >= 11 is 0. The number of benzene rings is 1. The number of ether oxygens (including phenoxy) is 2. The lowest BCUT2D eigenvalue weighted by molar-refractivity contribution is -0.214. The van der Waals surface area contributed by atoms with Gasteiger partial charge in [0.1, 0.15) is 0 Å². The van der Waals surface area contributed by atoms with Crippen LogP contribution in [0.4, 0.5) is 13.2 Å². The highest BCUT2D eigenvalue weighted by Gasteiger charge is 2.45. The van der Waals surface area contributed by atoms with Crippen LogP contribution in [0.15, 0.2) is 18.2 Å². The smallest absolute Gasteiger partial charge is 0.469 e. The molecule has 0 fully saturated rings. The van der Waals surface area contributed by atoms with Crippen molar-refractivity contribution in [2.24, 2.45) is 5.73 Å². The van der Waals surface area contributed by atoms with Gasteiger partial charge in [0.25, 0.3) is 0 Å². The summed E-state index contributed by atoms with van der Waals surface area (Å²) in [4.78, 5) is 26.7. The van der Waals surface area contributed by atoms with E-state index in [1.54, 1.807) is 29.7 Å². The maximum Gasteiger partial charge on any atom is 0.491 e. The van der Waals surface area contributed by atoms with E-state index in [1.807, 2.05) is 0 Å². The van der Waals surface area contributed by atoms with Gasteiger partial charge >= 0.3 is 18.1 Å². The number of hydrogen-bond donors (Lipinski definition) is 1. The molecule has 1 unspecified atom stereocenters. The third-order valence-electron chi connectivity index (χ3n) is 3.95. The van der Waals surface area contributed by atoms with Crippen molar-refractivity contribution in [2.45, 2.75) is 45.1 Å². The van der Waals surface area contributed by atoms with Gasteiger partial charge in [0.2, 0.25) is 5.72 Å². The number of aryl methyl sites for hydroxylation is 2. The molecule has 2 N–H and O–H groups in total. The summed E-state index contributed by atoms with van der Waals surface area (Å²) in [6.45, 7) is 3.23. The third-order valence-corrected chi connectivity index (χ3v) is 3.95. The summed E-state index contributed by atoms with van der Waals surface area (Å²) in [5, 5.41) is 0. The molecule has 2 aromatic rings. The first-order chi connectivity index (χ1) is 12.5. The number of carbonyl (C=O) groups is 2. The van der Waals surface area contributed by atoms with Gasteiger partial charge in [-0.2, -0.15) is 13.2 Å². The second-order valence-corrected chi connectivity index (χ2v) is 6.07. The Balaban J connectivity index is 2.40. The van der Waals surface area contributed by atoms with Gasteiger partial charge in [-0.25, -0.2) is 9.78 Å². The monoisotopic (exact) mass is 387 g/mol. The zero-order chi connectivity index (χ0) is 20.4. The first kappa shape index (κ1) is 20.7. The van der Waals surface area contributed by atoms with Crippen molar-refractivity contribution in [3.63, 3.8) is 0 Å². The standard InChI is InChI=1S/C17H20F3N3O4/c1-4-23-12-9-10(6-8-13(24)26-3)5-7-11(12)22-14(23)16(2,21)27-15(25)17(18,19)20/h5,7,9H,4,6,8,21H2,1-3H3. The Kier molecular flexibility index (Phi) is 5.79. The van der Waals surface area contributed by atoms with E-state index in [0.29, 0.717) is 24.0 Å². The van der Waals surface area contributed by atoms with Crippen molar-refractivity contribution >= 4 is 23.0 Å². The SMILES string of the molecule is CCn1c(C(C)(N)OC(=O)C(F)(F)F)nc2ccc(CCC(=O)OC)cc21. The minimum absolute atomic E-state index is 0.0114. The molecule has 0 radical (unpaired) electrons. The van der Waals surface area contributed by atoms with Crippen molar-refractivity contribution in [2.75, 3.05) is 7.11 Å². The number of alkyl halides is 3. The largest absolute Gasteiger partial charge is 0.491 e. The molecule has 0 aliphatic rings. The summed E-state index contributed by atoms with van der Waals surface area (Å²) in [7, 11) is 1.30. The zero-order valence-electron chi connectivity index (χ0n) is 15.1. The third kappa shape index (κ3) is 4.57. The number of aromatic nitrogens is 2. The lowest BCUT2D eigenvalue weighted by Crippen LogP contribution is -2.44. The van der Waals surface area contributed by atoms with Crippen LogP contribution in [0.1, 0.15) is 31.7 Å². The Morgan fingerprint density at radius 3 is 2.52 bits per heavy atom. The molecule has 0 spiro atoms. The van der Waals surface area contributed by atoms with Gasteiger partial charge < -0.3 is 14.0 Å². The Morgan fingerprint density at radius 1 is 1.30 bits per heavy atom. The molecule has 1 atom stereocenters. The number of rotatable bonds is 6. The highest BCUT2D eigenvalue weighted by atomic mass is 19.4. The minimum Gasteiger partial charge on any atom is -0.469 e. The van der Waals surface area contributed by atoms with E-state index in [9.17, 15) is 22.8 Å². The van der Waals surface area contributed by atoms with Gasteiger partial charge in [0, 0.05) is 13.0 Å². The van der Waals surface area contributed by atoms with E-state index in [0.717, 1.165) is 12.5 Å². The number of nitrogens with two attached hydrogens (primary N) is 1. The number of nitrogens with zero attached hydrogens (tertiary/aromatic N) is 2. The molecule has 1 aromatic heterocycles. The maximum atomic E-state index is 12.5. The average Bonchev–Trinajstić information content (AvgIpc) is 2.97. The molecule has 0 amide bonds. The molecular formula is C17H20F3N3O4. The highest BCUT2D eigenvalue weighted by Crippen LogP contribution is 2.28. The lowest BCUT2D eigenvalue weighted by atomic mass is 10.1. The fraction of sp³-hybridized carbons (Fsp3) is 0.471. The topological polar surface area (TPSA) is 96.4 Å². The molecule has 0 bridgehead atoms. The van der Waals surface area contributed by atoms with E-state index in [4.69, 9.17) is 5.73 Å². The molecule has 7 nitrogen and oxygen atoms in total. The second kappa shape index (κ2) is 7.55. The van der Waals surface area contributed by atoms with Gasteiger partial charge in [-0.3, -0.25) is 10.5 Å². The number of esters is 2. The fourth-order valence-electron chi connectivity index (χ4n) is 2.67. The van der Waals surface area contributed by atoms with Crippen LogP contribution in [0, 0.1) is 0 Å². The number of hydrogen-bond acceptors (Lipinski definition) is 6. The molecular weight excluding hydrogens is 367 g/mol. The van der Waals surface area contributed by atoms with Crippen LogP contribution in [0.3, 0.4) is 0 Å². The Labute approximate surface area is 153 Å². The Hall–Kier alpha value is -2.62. The van der Waals surface area contributed by atoms with Crippen LogP contribution in [0.5, 0.6) is 0 Å². The van der Waals surface area contributed by atoms with Crippen LogP contribution in [0.25, 0.3) is 11.0 Å². The van der Waals surface area contributed by atoms with Crippen molar-refractivity contribution in [3.8, 4) is 0 Å². The number of fused-ring (bicyclic) bond motifs is 1. The van der Waals surface area contributed by atoms with Gasteiger partial charge in [0.15, 0.2) is 5.82 Å². The highest BCUT2D eigenvalue weighted by molar-refractivity contribution is 5.78. The number of methoxy groups -OCH3 is 1. The first-order valence-electron chi connectivity index (χ1n) is 8.15. The van der Waals surface area contributed by atoms with E-state index >= 15 is 0 Å². The Morgan fingerprint density at radius 2 is 1.96 bits per heavy atom. The molecule has 27 heavy (non-hydrogen) atoms. The quantitative estimate of drug-likeness (QED) is 0.604. The zero-order valence-corrected chi connectivity index (χ0v) is 15.1. The summed E-state index contributed by atoms with van der Waals surface area (Å²) in [6.07, 6.45) is -4.55. The summed E-state index contributed by atoms with van der Waals surface area (Å²) in [5.74, 6) is -2.75. The predicted octanol–water partition coefficient (Wildman–Crippen LogP) is 2.40. The normalized spacial score (nSPS) is 14.0. The second-order valence-electron chi connectivity index (χ2n) is 6.07. The lowest BCUT2D eigenvalue weighted by Gasteiger charge is -2.25. The van der Waals surface area contributed by atoms with Crippen LogP contribution in [-0.2, 0) is 37.8 Å². The fourth-order valence-corrected chi connectivity index (χ4v) is 2.67. The first-order valence-corrected chi connectivity index (χ1v) is 8.15. The molecule has 148 valence electrons. The van der Waals surface area contributed by atoms with E-state index in [2.05, 4.69) is 14.5 Å². The molecule has 10 heteroatoms. The summed E-state index contributed by atoms with van der Waals surface area (Å²) in [5.41, 5.74) is 5.67. The molecule has 0 aliphatic heterocycles. The maximum absolute atomic E-state index is 12.5. The van der Waals surface area contributed by atoms with Gasteiger partial charge in [-0.15, -0.1) is 0 Å². The van der Waals surface area contributed by atoms with Crippen molar-refractivity contribution in [3.05, 3.63) is 29.6 Å². The van der Waals surface area contributed by atoms with Gasteiger partial charge in [-0.1, -0.05) is 6.07 Å². The number of halogens is 3. The molecule has 0 saturated heterocycles. The van der Waals surface area contributed by atoms with Crippen LogP contribution < -0.4 is 5.73 Å². The van der Waals surface area contributed by atoms with Crippen molar-refractivity contribution in [1.82, 2.24) is 9.55 Å². The summed E-state index contributed by atoms with van der Waals surface area (Å²) < 4.78 is 48.2. The summed E-state index contributed by atoms with van der Waals surface area (Å²) in [6, 6.07) is 5.18. The molecule has 0 saturated carbocycles. The van der Waals surface area contributed by atoms with E-state index in [1.165, 1.54) is 7.11 Å². The predicted molar refractivity (Wildman–Crippen MR) is 89.4 cm³/mol. The van der Waals surface area contributed by atoms with Crippen LogP contribution in [0.2, 0.25) is 0 Å². The van der Waals surface area contributed by atoms with Crippen LogP contribution >= 0.6 is 0 Å². The van der Waals surface area contributed by atoms with Gasteiger partial charge in [0.05, 0.1) is 18.1 Å². The number of carbonyl (C=O) groups excluding carboxylic acids is 2. The van der Waals surface area contributed by atoms with E-state index in [-0.39, 0.29) is 18.2 Å². The van der Waals surface area contributed by atoms with Gasteiger partial charge in [-0.05, 0) is 38.0 Å². The molecule has 2 rings (SSSR count). The van der Waals surface area contributed by atoms with Crippen molar-refractivity contribution in [1.29, 1.82) is 0 Å². The molecule has 0 aliphatic carbocycles. The Bertz CT molecular complexity index is 859. The van der Waals surface area contributed by atoms with Crippen molar-refractivity contribution < 1.29 is 32.2 Å². The average molecular weight is 387 g/mol. The van der Waals surface area contributed by atoms with E-state index < -0.39 is 17.9 Å².